The average molecular weight is 458 g/mol. The number of piperidine rings is 1. The number of hydrogen-bond donors (Lipinski definition) is 3. The Bertz CT molecular complexity index is 1380. The van der Waals surface area contributed by atoms with Crippen molar-refractivity contribution in [2.75, 3.05) is 25.9 Å². The molecule has 11 heteroatoms. The third kappa shape index (κ3) is 4.03. The molecular weight excluding hydrogens is 434 g/mol. The van der Waals surface area contributed by atoms with E-state index in [0.717, 1.165) is 24.0 Å². The Morgan fingerprint density at radius 3 is 2.82 bits per heavy atom. The van der Waals surface area contributed by atoms with Crippen molar-refractivity contribution in [1.82, 2.24) is 35.1 Å². The lowest BCUT2D eigenvalue weighted by molar-refractivity contribution is 0.178. The number of rotatable bonds is 4. The summed E-state index contributed by atoms with van der Waals surface area (Å²) in [4.78, 5) is 22.8. The molecule has 4 heterocycles. The lowest BCUT2D eigenvalue weighted by Gasteiger charge is -2.32. The molecule has 2 amide bonds. The fourth-order valence-corrected chi connectivity index (χ4v) is 4.35. The predicted molar refractivity (Wildman–Crippen MR) is 129 cm³/mol. The largest absolute Gasteiger partial charge is 0.384 e. The molecule has 2 radical (unpaired) electrons. The van der Waals surface area contributed by atoms with E-state index in [4.69, 9.17) is 18.6 Å². The van der Waals surface area contributed by atoms with Gasteiger partial charge in [-0.2, -0.15) is 9.61 Å². The molecule has 3 aromatic heterocycles. The van der Waals surface area contributed by atoms with Crippen molar-refractivity contribution in [1.29, 1.82) is 0 Å². The van der Waals surface area contributed by atoms with Crippen LogP contribution in [0.3, 0.4) is 0 Å². The van der Waals surface area contributed by atoms with Crippen molar-refractivity contribution in [3.05, 3.63) is 48.2 Å². The smallest absolute Gasteiger partial charge is 0.317 e. The minimum atomic E-state index is -0.323. The first-order chi connectivity index (χ1) is 16.4. The van der Waals surface area contributed by atoms with Crippen LogP contribution < -0.4 is 21.8 Å². The number of nitrogens with zero attached hydrogens (tertiary/aromatic N) is 5. The van der Waals surface area contributed by atoms with Gasteiger partial charge in [0.15, 0.2) is 5.65 Å². The van der Waals surface area contributed by atoms with E-state index in [1.807, 2.05) is 6.07 Å². The summed E-state index contributed by atoms with van der Waals surface area (Å²) in [6.07, 6.45) is 5.04. The van der Waals surface area contributed by atoms with Crippen LogP contribution in [-0.2, 0) is 6.54 Å². The zero-order chi connectivity index (χ0) is 23.8. The van der Waals surface area contributed by atoms with Crippen LogP contribution in [0, 0.1) is 5.82 Å². The average Bonchev–Trinajstić information content (AvgIpc) is 3.28. The van der Waals surface area contributed by atoms with Gasteiger partial charge >= 0.3 is 6.03 Å². The van der Waals surface area contributed by atoms with E-state index < -0.39 is 0 Å². The molecule has 1 fully saturated rings. The minimum Gasteiger partial charge on any atom is -0.384 e. The van der Waals surface area contributed by atoms with Gasteiger partial charge in [-0.25, -0.2) is 14.2 Å². The van der Waals surface area contributed by atoms with Crippen LogP contribution in [0.4, 0.5) is 15.0 Å². The number of pyridine rings is 1. The first-order valence-corrected chi connectivity index (χ1v) is 11.1. The van der Waals surface area contributed by atoms with Crippen LogP contribution in [0.15, 0.2) is 36.7 Å². The number of urea groups is 1. The number of hydrogen-bond acceptors (Lipinski definition) is 6. The topological polar surface area (TPSA) is 113 Å². The van der Waals surface area contributed by atoms with E-state index in [1.165, 1.54) is 16.6 Å². The van der Waals surface area contributed by atoms with Crippen LogP contribution in [0.1, 0.15) is 18.5 Å². The number of nitrogens with two attached hydrogens (primary N) is 1. The molecule has 9 nitrogen and oxygen atoms in total. The monoisotopic (exact) mass is 458 g/mol. The zero-order valence-corrected chi connectivity index (χ0v) is 18.8. The van der Waals surface area contributed by atoms with Gasteiger partial charge in [-0.05, 0) is 42.6 Å². The molecule has 1 aliphatic heterocycles. The molecule has 0 unspecified atom stereocenters. The van der Waals surface area contributed by atoms with Crippen molar-refractivity contribution in [2.24, 2.45) is 0 Å². The SMILES string of the molecule is [B]c1c(CNC2CCN(C(=O)NC)CC2)nc2c(-c3cnc4ccc(F)cc4c3)cnn2c1N. The van der Waals surface area contributed by atoms with Gasteiger partial charge in [0.05, 0.1) is 17.4 Å². The van der Waals surface area contributed by atoms with Gasteiger partial charge in [-0.15, -0.1) is 0 Å². The van der Waals surface area contributed by atoms with Crippen LogP contribution in [0.25, 0.3) is 27.7 Å². The summed E-state index contributed by atoms with van der Waals surface area (Å²) >= 11 is 0. The maximum atomic E-state index is 13.7. The lowest BCUT2D eigenvalue weighted by Crippen LogP contribution is -2.47. The first-order valence-electron chi connectivity index (χ1n) is 11.1. The maximum absolute atomic E-state index is 13.7. The fourth-order valence-electron chi connectivity index (χ4n) is 4.35. The highest BCUT2D eigenvalue weighted by molar-refractivity contribution is 6.36. The van der Waals surface area contributed by atoms with Crippen molar-refractivity contribution in [3.63, 3.8) is 0 Å². The van der Waals surface area contributed by atoms with E-state index in [1.54, 1.807) is 30.4 Å². The number of fused-ring (bicyclic) bond motifs is 2. The Balaban J connectivity index is 1.41. The number of nitrogen functional groups attached to an aromatic ring is 1. The summed E-state index contributed by atoms with van der Waals surface area (Å²) in [5.41, 5.74) is 10.0. The maximum Gasteiger partial charge on any atom is 0.317 e. The molecule has 0 spiro atoms. The molecule has 1 aliphatic rings. The molecule has 4 N–H and O–H groups in total. The van der Waals surface area contributed by atoms with Gasteiger partial charge in [0.2, 0.25) is 0 Å². The van der Waals surface area contributed by atoms with Gasteiger partial charge in [0, 0.05) is 55.4 Å². The Labute approximate surface area is 197 Å². The number of aromatic nitrogens is 4. The molecule has 1 saturated heterocycles. The van der Waals surface area contributed by atoms with E-state index in [9.17, 15) is 9.18 Å². The Morgan fingerprint density at radius 1 is 1.26 bits per heavy atom. The van der Waals surface area contributed by atoms with Crippen molar-refractivity contribution >= 4 is 41.7 Å². The quantitative estimate of drug-likeness (QED) is 0.398. The van der Waals surface area contributed by atoms with E-state index >= 15 is 0 Å². The second-order valence-electron chi connectivity index (χ2n) is 8.41. The molecule has 0 saturated carbocycles. The molecule has 5 rings (SSSR count). The van der Waals surface area contributed by atoms with Crippen LogP contribution in [-0.4, -0.2) is 64.5 Å². The second-order valence-corrected chi connectivity index (χ2v) is 8.41. The van der Waals surface area contributed by atoms with Gasteiger partial charge in [0.25, 0.3) is 0 Å². The number of carbonyl (C=O) groups excluding carboxylic acids is 1. The molecule has 1 aromatic carbocycles. The summed E-state index contributed by atoms with van der Waals surface area (Å²) in [6, 6.07) is 6.52. The van der Waals surface area contributed by atoms with Gasteiger partial charge < -0.3 is 21.3 Å². The number of carbonyl (C=O) groups is 1. The Morgan fingerprint density at radius 2 is 2.06 bits per heavy atom. The predicted octanol–water partition coefficient (Wildman–Crippen LogP) is 1.35. The van der Waals surface area contributed by atoms with Gasteiger partial charge in [-0.1, -0.05) is 0 Å². The third-order valence-electron chi connectivity index (χ3n) is 6.31. The first kappa shape index (κ1) is 22.1. The van der Waals surface area contributed by atoms with E-state index in [-0.39, 0.29) is 17.9 Å². The highest BCUT2D eigenvalue weighted by atomic mass is 19.1. The number of nitrogens with one attached hydrogen (secondary N) is 2. The normalized spacial score (nSPS) is 14.7. The molecule has 34 heavy (non-hydrogen) atoms. The Kier molecular flexibility index (Phi) is 5.78. The Hall–Kier alpha value is -3.73. The molecule has 172 valence electrons. The van der Waals surface area contributed by atoms with Crippen LogP contribution in [0.5, 0.6) is 0 Å². The number of likely N-dealkylation sites (tertiary alicyclic amines) is 1. The van der Waals surface area contributed by atoms with Crippen molar-refractivity contribution < 1.29 is 9.18 Å². The number of halogens is 1. The van der Waals surface area contributed by atoms with Crippen LogP contribution in [0.2, 0.25) is 0 Å². The van der Waals surface area contributed by atoms with Crippen molar-refractivity contribution in [2.45, 2.75) is 25.4 Å². The van der Waals surface area contributed by atoms with Crippen LogP contribution >= 0.6 is 0 Å². The summed E-state index contributed by atoms with van der Waals surface area (Å²) in [6.45, 7) is 1.80. The van der Waals surface area contributed by atoms with Gasteiger partial charge in [-0.3, -0.25) is 4.98 Å². The summed E-state index contributed by atoms with van der Waals surface area (Å²) in [5, 5.41) is 11.2. The minimum absolute atomic E-state index is 0.0539. The van der Waals surface area contributed by atoms with E-state index in [0.29, 0.717) is 53.2 Å². The molecule has 0 bridgehead atoms. The highest BCUT2D eigenvalue weighted by Crippen LogP contribution is 2.27. The standard InChI is InChI=1S/C23H24BFN8O/c1-27-23(34)32-6-4-16(5-7-32)28-12-19-20(24)21(26)33-22(31-19)17(11-30-33)14-8-13-9-15(25)2-3-18(13)29-10-14/h2-3,8-11,16,28H,4-7,12,26H2,1H3,(H,27,34). The highest BCUT2D eigenvalue weighted by Gasteiger charge is 2.22. The second kappa shape index (κ2) is 8.90. The number of anilines is 1. The fraction of sp³-hybridized carbons (Fsp3) is 0.304. The lowest BCUT2D eigenvalue weighted by atomic mass is 9.93. The van der Waals surface area contributed by atoms with E-state index in [2.05, 4.69) is 20.7 Å². The zero-order valence-electron chi connectivity index (χ0n) is 18.8. The summed E-state index contributed by atoms with van der Waals surface area (Å²) < 4.78 is 15.2. The molecule has 0 atom stereocenters. The molecule has 0 aliphatic carbocycles. The number of amides is 2. The molecular formula is C23H24BFN8O. The molecule has 4 aromatic rings. The van der Waals surface area contributed by atoms with Crippen molar-refractivity contribution in [3.8, 4) is 11.1 Å². The summed E-state index contributed by atoms with van der Waals surface area (Å²) in [5.74, 6) is -0.0155. The third-order valence-corrected chi connectivity index (χ3v) is 6.31. The number of benzene rings is 1. The van der Waals surface area contributed by atoms with Gasteiger partial charge in [0.1, 0.15) is 19.5 Å². The summed E-state index contributed by atoms with van der Waals surface area (Å²) in [7, 11) is 7.92.